The van der Waals surface area contributed by atoms with E-state index in [-0.39, 0.29) is 0 Å². The molecule has 0 spiro atoms. The Morgan fingerprint density at radius 2 is 1.88 bits per heavy atom. The fourth-order valence-electron chi connectivity index (χ4n) is 2.82. The van der Waals surface area contributed by atoms with Gasteiger partial charge in [0.15, 0.2) is 5.65 Å². The minimum atomic E-state index is 0.751. The zero-order valence-electron chi connectivity index (χ0n) is 13.4. The number of hydrogen-bond acceptors (Lipinski definition) is 5. The molecule has 0 amide bonds. The Kier molecular flexibility index (Phi) is 4.20. The minimum Gasteiger partial charge on any atom is -0.378 e. The molecule has 1 saturated heterocycles. The van der Waals surface area contributed by atoms with E-state index in [4.69, 9.17) is 4.74 Å². The van der Waals surface area contributed by atoms with Gasteiger partial charge >= 0.3 is 0 Å². The molecule has 1 fully saturated rings. The summed E-state index contributed by atoms with van der Waals surface area (Å²) in [6.07, 6.45) is 7.51. The van der Waals surface area contributed by atoms with Crippen molar-refractivity contribution in [1.82, 2.24) is 24.4 Å². The Hall–Kier alpha value is -2.73. The van der Waals surface area contributed by atoms with Gasteiger partial charge in [0.1, 0.15) is 11.8 Å². The molecule has 4 rings (SSSR count). The van der Waals surface area contributed by atoms with Gasteiger partial charge in [-0.3, -0.25) is 0 Å². The molecule has 1 aliphatic heterocycles. The summed E-state index contributed by atoms with van der Waals surface area (Å²) in [7, 11) is 0. The van der Waals surface area contributed by atoms with Crippen LogP contribution in [0.4, 0.5) is 0 Å². The number of hydrogen-bond donors (Lipinski definition) is 0. The molecule has 3 heterocycles. The largest absolute Gasteiger partial charge is 0.378 e. The predicted molar refractivity (Wildman–Crippen MR) is 92.3 cm³/mol. The van der Waals surface area contributed by atoms with Crippen LogP contribution in [0.2, 0.25) is 0 Å². The van der Waals surface area contributed by atoms with Gasteiger partial charge in [-0.25, -0.2) is 15.0 Å². The second-order valence-corrected chi connectivity index (χ2v) is 5.75. The average Bonchev–Trinajstić information content (AvgIpc) is 3.05. The summed E-state index contributed by atoms with van der Waals surface area (Å²) in [5.74, 6) is 0. The Balaban J connectivity index is 1.60. The lowest BCUT2D eigenvalue weighted by atomic mass is 10.2. The first-order valence-electron chi connectivity index (χ1n) is 8.10. The number of ether oxygens (including phenoxy) is 1. The Bertz CT molecular complexity index is 837. The van der Waals surface area contributed by atoms with Crippen molar-refractivity contribution in [2.24, 2.45) is 0 Å². The maximum absolute atomic E-state index is 5.37. The molecule has 3 aromatic rings. The van der Waals surface area contributed by atoms with Crippen molar-refractivity contribution >= 4 is 17.2 Å². The normalized spacial score (nSPS) is 15.4. The summed E-state index contributed by atoms with van der Waals surface area (Å²) in [5, 5.41) is 0. The molecule has 1 aliphatic rings. The quantitative estimate of drug-likeness (QED) is 0.737. The van der Waals surface area contributed by atoms with Crippen molar-refractivity contribution in [2.75, 3.05) is 26.3 Å². The van der Waals surface area contributed by atoms with Crippen LogP contribution < -0.4 is 0 Å². The molecule has 0 bridgehead atoms. The van der Waals surface area contributed by atoms with E-state index in [0.717, 1.165) is 49.7 Å². The van der Waals surface area contributed by atoms with Crippen molar-refractivity contribution in [3.8, 4) is 0 Å². The van der Waals surface area contributed by atoms with Gasteiger partial charge < -0.3 is 14.2 Å². The van der Waals surface area contributed by atoms with Crippen LogP contribution in [0.25, 0.3) is 17.2 Å². The van der Waals surface area contributed by atoms with E-state index >= 15 is 0 Å². The standard InChI is InChI=1S/C18H19N5O/c1-2-4-15(5-3-1)12-23-14-21-17-16(19-13-20-18(17)23)6-7-22-8-10-24-11-9-22/h1-7,13-14H,8-12H2. The van der Waals surface area contributed by atoms with E-state index < -0.39 is 0 Å². The topological polar surface area (TPSA) is 56.1 Å². The highest BCUT2D eigenvalue weighted by molar-refractivity contribution is 5.79. The maximum atomic E-state index is 5.37. The minimum absolute atomic E-state index is 0.751. The molecule has 0 saturated carbocycles. The molecule has 6 nitrogen and oxygen atoms in total. The average molecular weight is 321 g/mol. The van der Waals surface area contributed by atoms with Crippen molar-refractivity contribution in [1.29, 1.82) is 0 Å². The van der Waals surface area contributed by atoms with Crippen molar-refractivity contribution in [3.63, 3.8) is 0 Å². The molecule has 0 N–H and O–H groups in total. The summed E-state index contributed by atoms with van der Waals surface area (Å²) in [6, 6.07) is 10.3. The monoisotopic (exact) mass is 321 g/mol. The highest BCUT2D eigenvalue weighted by Gasteiger charge is 2.10. The van der Waals surface area contributed by atoms with Crippen LogP contribution in [0.3, 0.4) is 0 Å². The van der Waals surface area contributed by atoms with E-state index in [1.165, 1.54) is 5.56 Å². The van der Waals surface area contributed by atoms with Gasteiger partial charge in [0, 0.05) is 19.3 Å². The van der Waals surface area contributed by atoms with Gasteiger partial charge in [0.25, 0.3) is 0 Å². The number of benzene rings is 1. The maximum Gasteiger partial charge on any atom is 0.164 e. The highest BCUT2D eigenvalue weighted by Crippen LogP contribution is 2.16. The Morgan fingerprint density at radius 3 is 2.71 bits per heavy atom. The molecule has 6 heteroatoms. The summed E-state index contributed by atoms with van der Waals surface area (Å²) in [6.45, 7) is 4.12. The first kappa shape index (κ1) is 14.8. The molecule has 24 heavy (non-hydrogen) atoms. The van der Waals surface area contributed by atoms with Gasteiger partial charge in [0.2, 0.25) is 0 Å². The summed E-state index contributed by atoms with van der Waals surface area (Å²) >= 11 is 0. The second-order valence-electron chi connectivity index (χ2n) is 5.75. The first-order chi connectivity index (χ1) is 11.9. The summed E-state index contributed by atoms with van der Waals surface area (Å²) < 4.78 is 7.42. The third-order valence-electron chi connectivity index (χ3n) is 4.11. The van der Waals surface area contributed by atoms with E-state index in [1.54, 1.807) is 6.33 Å². The first-order valence-corrected chi connectivity index (χ1v) is 8.10. The van der Waals surface area contributed by atoms with Crippen LogP contribution in [0, 0.1) is 0 Å². The summed E-state index contributed by atoms with van der Waals surface area (Å²) in [4.78, 5) is 15.6. The van der Waals surface area contributed by atoms with Crippen LogP contribution in [0.1, 0.15) is 11.3 Å². The van der Waals surface area contributed by atoms with E-state index in [9.17, 15) is 0 Å². The van der Waals surface area contributed by atoms with E-state index in [1.807, 2.05) is 30.6 Å². The zero-order chi connectivity index (χ0) is 16.2. The van der Waals surface area contributed by atoms with Gasteiger partial charge in [-0.2, -0.15) is 0 Å². The van der Waals surface area contributed by atoms with E-state index in [2.05, 4.69) is 42.8 Å². The van der Waals surface area contributed by atoms with Crippen LogP contribution in [-0.2, 0) is 11.3 Å². The Labute approximate surface area is 140 Å². The molecule has 1 aromatic carbocycles. The zero-order valence-corrected chi connectivity index (χ0v) is 13.4. The second kappa shape index (κ2) is 6.80. The fourth-order valence-corrected chi connectivity index (χ4v) is 2.82. The van der Waals surface area contributed by atoms with Crippen LogP contribution >= 0.6 is 0 Å². The Morgan fingerprint density at radius 1 is 1.04 bits per heavy atom. The SMILES string of the molecule is C(=CN1CCOCC1)c1ncnc2c1ncn2Cc1ccccc1. The lowest BCUT2D eigenvalue weighted by Crippen LogP contribution is -2.31. The third kappa shape index (κ3) is 3.14. The van der Waals surface area contributed by atoms with Crippen LogP contribution in [-0.4, -0.2) is 50.7 Å². The molecule has 0 aliphatic carbocycles. The van der Waals surface area contributed by atoms with E-state index in [0.29, 0.717) is 0 Å². The van der Waals surface area contributed by atoms with Gasteiger partial charge in [-0.15, -0.1) is 0 Å². The number of aromatic nitrogens is 4. The summed E-state index contributed by atoms with van der Waals surface area (Å²) in [5.41, 5.74) is 3.76. The highest BCUT2D eigenvalue weighted by atomic mass is 16.5. The molecule has 2 aromatic heterocycles. The van der Waals surface area contributed by atoms with Crippen LogP contribution in [0.5, 0.6) is 0 Å². The molecule has 0 atom stereocenters. The van der Waals surface area contributed by atoms with Crippen molar-refractivity contribution in [2.45, 2.75) is 6.54 Å². The predicted octanol–water partition coefficient (Wildman–Crippen LogP) is 2.18. The molecule has 122 valence electrons. The number of fused-ring (bicyclic) bond motifs is 1. The molecular formula is C18H19N5O. The number of imidazole rings is 1. The third-order valence-corrected chi connectivity index (χ3v) is 4.11. The smallest absolute Gasteiger partial charge is 0.164 e. The number of morpholine rings is 1. The lowest BCUT2D eigenvalue weighted by molar-refractivity contribution is 0.0597. The molecule has 0 unspecified atom stereocenters. The number of nitrogens with zero attached hydrogens (tertiary/aromatic N) is 5. The molecule has 0 radical (unpaired) electrons. The van der Waals surface area contributed by atoms with Crippen LogP contribution in [0.15, 0.2) is 49.2 Å². The lowest BCUT2D eigenvalue weighted by Gasteiger charge is -2.24. The van der Waals surface area contributed by atoms with Crippen molar-refractivity contribution in [3.05, 3.63) is 60.4 Å². The van der Waals surface area contributed by atoms with Crippen molar-refractivity contribution < 1.29 is 4.74 Å². The number of rotatable bonds is 4. The molecular weight excluding hydrogens is 302 g/mol. The van der Waals surface area contributed by atoms with Gasteiger partial charge in [-0.1, -0.05) is 30.3 Å². The van der Waals surface area contributed by atoms with Gasteiger partial charge in [-0.05, 0) is 11.6 Å². The van der Waals surface area contributed by atoms with Gasteiger partial charge in [0.05, 0.1) is 31.8 Å². The fraction of sp³-hybridized carbons (Fsp3) is 0.278.